The summed E-state index contributed by atoms with van der Waals surface area (Å²) in [6.07, 6.45) is 2.52. The van der Waals surface area contributed by atoms with Crippen LogP contribution in [0.1, 0.15) is 36.7 Å². The molecule has 3 atom stereocenters. The van der Waals surface area contributed by atoms with Crippen LogP contribution in [0.2, 0.25) is 0 Å². The highest BCUT2D eigenvalue weighted by atomic mass is 32.2. The van der Waals surface area contributed by atoms with Gasteiger partial charge in [0.25, 0.3) is 0 Å². The van der Waals surface area contributed by atoms with Gasteiger partial charge in [0.15, 0.2) is 5.16 Å². The van der Waals surface area contributed by atoms with Crippen molar-refractivity contribution >= 4 is 11.8 Å². The average Bonchev–Trinajstić information content (AvgIpc) is 2.67. The molecule has 0 amide bonds. The van der Waals surface area contributed by atoms with Gasteiger partial charge in [-0.25, -0.2) is 9.97 Å². The molecule has 3 unspecified atom stereocenters. The molecule has 0 aromatic carbocycles. The summed E-state index contributed by atoms with van der Waals surface area (Å²) in [5.74, 6) is 0.686. The number of nitrogens with one attached hydrogen (secondary N) is 1. The van der Waals surface area contributed by atoms with Gasteiger partial charge in [-0.05, 0) is 52.1 Å². The first kappa shape index (κ1) is 13.8. The van der Waals surface area contributed by atoms with Crippen LogP contribution < -0.4 is 5.32 Å². The van der Waals surface area contributed by atoms with Crippen molar-refractivity contribution in [2.45, 2.75) is 57.0 Å². The van der Waals surface area contributed by atoms with E-state index in [4.69, 9.17) is 0 Å². The number of aromatic nitrogens is 2. The van der Waals surface area contributed by atoms with Crippen LogP contribution in [-0.2, 0) is 0 Å². The molecule has 1 fully saturated rings. The van der Waals surface area contributed by atoms with Crippen molar-refractivity contribution in [1.29, 1.82) is 0 Å². The topological polar surface area (TPSA) is 37.8 Å². The van der Waals surface area contributed by atoms with Crippen LogP contribution in [0.15, 0.2) is 5.16 Å². The first-order valence-electron chi connectivity index (χ1n) is 6.68. The number of hydrogen-bond acceptors (Lipinski definition) is 4. The Kier molecular flexibility index (Phi) is 4.28. The van der Waals surface area contributed by atoms with E-state index >= 15 is 0 Å². The lowest BCUT2D eigenvalue weighted by atomic mass is 10.1. The van der Waals surface area contributed by atoms with E-state index in [-0.39, 0.29) is 0 Å². The standard InChI is InChI=1S/C14H23N3S/c1-8-10(3)16-14(17-11(8)4)18-13-7-6-12(15-5)9(13)2/h9,12-13,15H,6-7H2,1-5H3. The molecule has 1 aromatic heterocycles. The van der Waals surface area contributed by atoms with Crippen LogP contribution in [-0.4, -0.2) is 28.3 Å². The van der Waals surface area contributed by atoms with Gasteiger partial charge in [-0.15, -0.1) is 0 Å². The van der Waals surface area contributed by atoms with E-state index < -0.39 is 0 Å². The molecular weight excluding hydrogens is 242 g/mol. The lowest BCUT2D eigenvalue weighted by Crippen LogP contribution is -2.30. The van der Waals surface area contributed by atoms with E-state index in [0.717, 1.165) is 16.5 Å². The minimum atomic E-state index is 0.643. The zero-order chi connectivity index (χ0) is 13.3. The second-order valence-electron chi connectivity index (χ2n) is 5.29. The van der Waals surface area contributed by atoms with E-state index in [0.29, 0.717) is 17.2 Å². The van der Waals surface area contributed by atoms with Gasteiger partial charge in [0.1, 0.15) is 0 Å². The molecule has 0 bridgehead atoms. The Morgan fingerprint density at radius 1 is 1.11 bits per heavy atom. The predicted molar refractivity (Wildman–Crippen MR) is 77.1 cm³/mol. The van der Waals surface area contributed by atoms with Crippen molar-refractivity contribution in [2.24, 2.45) is 5.92 Å². The lowest BCUT2D eigenvalue weighted by molar-refractivity contribution is 0.463. The van der Waals surface area contributed by atoms with Gasteiger partial charge in [-0.1, -0.05) is 18.7 Å². The van der Waals surface area contributed by atoms with Crippen LogP contribution in [0.4, 0.5) is 0 Å². The Balaban J connectivity index is 2.11. The zero-order valence-electron chi connectivity index (χ0n) is 11.9. The van der Waals surface area contributed by atoms with Gasteiger partial charge in [-0.3, -0.25) is 0 Å². The predicted octanol–water partition coefficient (Wildman–Crippen LogP) is 2.88. The third kappa shape index (κ3) is 2.69. The number of aryl methyl sites for hydroxylation is 2. The van der Waals surface area contributed by atoms with Crippen LogP contribution in [0.5, 0.6) is 0 Å². The quantitative estimate of drug-likeness (QED) is 0.853. The van der Waals surface area contributed by atoms with Gasteiger partial charge in [-0.2, -0.15) is 0 Å². The van der Waals surface area contributed by atoms with Crippen molar-refractivity contribution in [3.8, 4) is 0 Å². The van der Waals surface area contributed by atoms with Crippen molar-refractivity contribution in [1.82, 2.24) is 15.3 Å². The molecule has 1 aliphatic carbocycles. The Morgan fingerprint density at radius 2 is 1.72 bits per heavy atom. The fourth-order valence-corrected chi connectivity index (χ4v) is 3.94. The van der Waals surface area contributed by atoms with E-state index in [1.54, 1.807) is 0 Å². The van der Waals surface area contributed by atoms with Crippen LogP contribution in [0.3, 0.4) is 0 Å². The third-order valence-corrected chi connectivity index (χ3v) is 5.58. The van der Waals surface area contributed by atoms with Crippen molar-refractivity contribution in [2.75, 3.05) is 7.05 Å². The summed E-state index contributed by atoms with van der Waals surface area (Å²) >= 11 is 1.85. The van der Waals surface area contributed by atoms with Gasteiger partial charge in [0.05, 0.1) is 0 Å². The number of nitrogens with zero attached hydrogens (tertiary/aromatic N) is 2. The molecule has 0 radical (unpaired) electrons. The number of hydrogen-bond donors (Lipinski definition) is 1. The highest BCUT2D eigenvalue weighted by Gasteiger charge is 2.33. The SMILES string of the molecule is CNC1CCC(Sc2nc(C)c(C)c(C)n2)C1C. The molecule has 1 saturated carbocycles. The fraction of sp³-hybridized carbons (Fsp3) is 0.714. The van der Waals surface area contributed by atoms with Crippen LogP contribution in [0, 0.1) is 26.7 Å². The largest absolute Gasteiger partial charge is 0.317 e. The molecule has 3 nitrogen and oxygen atoms in total. The lowest BCUT2D eigenvalue weighted by Gasteiger charge is -2.19. The van der Waals surface area contributed by atoms with E-state index in [2.05, 4.69) is 50.0 Å². The third-order valence-electron chi connectivity index (χ3n) is 4.22. The molecule has 1 aliphatic rings. The maximum Gasteiger partial charge on any atom is 0.188 e. The van der Waals surface area contributed by atoms with Gasteiger partial charge in [0.2, 0.25) is 0 Å². The summed E-state index contributed by atoms with van der Waals surface area (Å²) in [6, 6.07) is 0.648. The Hall–Kier alpha value is -0.610. The average molecular weight is 265 g/mol. The van der Waals surface area contributed by atoms with Gasteiger partial charge >= 0.3 is 0 Å². The van der Waals surface area contributed by atoms with Crippen molar-refractivity contribution < 1.29 is 0 Å². The minimum Gasteiger partial charge on any atom is -0.317 e. The molecule has 1 heterocycles. The maximum absolute atomic E-state index is 4.61. The monoisotopic (exact) mass is 265 g/mol. The highest BCUT2D eigenvalue weighted by Crippen LogP contribution is 2.37. The molecule has 1 N–H and O–H groups in total. The molecule has 0 aliphatic heterocycles. The molecule has 2 rings (SSSR count). The van der Waals surface area contributed by atoms with E-state index in [1.807, 2.05) is 11.8 Å². The van der Waals surface area contributed by atoms with Gasteiger partial charge < -0.3 is 5.32 Å². The zero-order valence-corrected chi connectivity index (χ0v) is 12.8. The number of rotatable bonds is 3. The molecule has 0 spiro atoms. The molecular formula is C14H23N3S. The normalized spacial score (nSPS) is 27.7. The summed E-state index contributed by atoms with van der Waals surface area (Å²) in [5.41, 5.74) is 3.44. The first-order chi connectivity index (χ1) is 8.52. The molecule has 100 valence electrons. The summed E-state index contributed by atoms with van der Waals surface area (Å²) in [6.45, 7) is 8.57. The van der Waals surface area contributed by atoms with Gasteiger partial charge in [0, 0.05) is 22.7 Å². The Bertz CT molecular complexity index is 410. The summed E-state index contributed by atoms with van der Waals surface area (Å²) in [7, 11) is 2.06. The van der Waals surface area contributed by atoms with Crippen LogP contribution >= 0.6 is 11.8 Å². The minimum absolute atomic E-state index is 0.643. The summed E-state index contributed by atoms with van der Waals surface area (Å²) < 4.78 is 0. The second-order valence-corrected chi connectivity index (χ2v) is 6.50. The number of thioether (sulfide) groups is 1. The van der Waals surface area contributed by atoms with E-state index in [1.165, 1.54) is 18.4 Å². The van der Waals surface area contributed by atoms with Crippen LogP contribution in [0.25, 0.3) is 0 Å². The highest BCUT2D eigenvalue weighted by molar-refractivity contribution is 7.99. The van der Waals surface area contributed by atoms with E-state index in [9.17, 15) is 0 Å². The smallest absolute Gasteiger partial charge is 0.188 e. The molecule has 4 heteroatoms. The Morgan fingerprint density at radius 3 is 2.22 bits per heavy atom. The maximum atomic E-state index is 4.61. The summed E-state index contributed by atoms with van der Waals surface area (Å²) in [4.78, 5) is 9.23. The molecule has 18 heavy (non-hydrogen) atoms. The first-order valence-corrected chi connectivity index (χ1v) is 7.56. The van der Waals surface area contributed by atoms with Crippen molar-refractivity contribution in [3.05, 3.63) is 17.0 Å². The molecule has 1 aromatic rings. The summed E-state index contributed by atoms with van der Waals surface area (Å²) in [5, 5.41) is 5.00. The Labute approximate surface area is 114 Å². The van der Waals surface area contributed by atoms with Crippen molar-refractivity contribution in [3.63, 3.8) is 0 Å². The second kappa shape index (κ2) is 5.57. The molecule has 0 saturated heterocycles. The fourth-order valence-electron chi connectivity index (χ4n) is 2.63.